The van der Waals surface area contributed by atoms with E-state index in [9.17, 15) is 4.79 Å². The summed E-state index contributed by atoms with van der Waals surface area (Å²) in [6.45, 7) is 2.05. The van der Waals surface area contributed by atoms with E-state index in [1.165, 1.54) is 0 Å². The van der Waals surface area contributed by atoms with Crippen molar-refractivity contribution >= 4 is 16.9 Å². The normalized spacial score (nSPS) is 9.56. The standard InChI is InChI=1S/C12H9NO3/c1-2-15-12(14)4-3-10-9-6-8-16-11(9)5-7-13-10/h5-8H,2H2,1H3. The third-order valence-electron chi connectivity index (χ3n) is 1.94. The second kappa shape index (κ2) is 4.49. The summed E-state index contributed by atoms with van der Waals surface area (Å²) in [6, 6.07) is 3.50. The molecule has 0 saturated heterocycles. The molecule has 2 rings (SSSR count). The summed E-state index contributed by atoms with van der Waals surface area (Å²) < 4.78 is 9.88. The van der Waals surface area contributed by atoms with Crippen molar-refractivity contribution in [3.8, 4) is 11.8 Å². The van der Waals surface area contributed by atoms with Crippen LogP contribution in [0.2, 0.25) is 0 Å². The van der Waals surface area contributed by atoms with Crippen molar-refractivity contribution in [3.63, 3.8) is 0 Å². The summed E-state index contributed by atoms with van der Waals surface area (Å²) in [5.74, 6) is 4.48. The molecule has 0 aromatic carbocycles. The number of rotatable bonds is 1. The Hall–Kier alpha value is -2.28. The summed E-state index contributed by atoms with van der Waals surface area (Å²) >= 11 is 0. The highest BCUT2D eigenvalue weighted by molar-refractivity contribution is 5.91. The largest absolute Gasteiger partial charge is 0.464 e. The van der Waals surface area contributed by atoms with Gasteiger partial charge in [-0.15, -0.1) is 0 Å². The van der Waals surface area contributed by atoms with Gasteiger partial charge in [0.15, 0.2) is 0 Å². The van der Waals surface area contributed by atoms with Crippen LogP contribution >= 0.6 is 0 Å². The Labute approximate surface area is 92.2 Å². The number of ether oxygens (including phenoxy) is 1. The van der Waals surface area contributed by atoms with Crippen molar-refractivity contribution < 1.29 is 13.9 Å². The minimum absolute atomic E-state index is 0.316. The van der Waals surface area contributed by atoms with Gasteiger partial charge in [0.2, 0.25) is 0 Å². The number of hydrogen-bond donors (Lipinski definition) is 0. The van der Waals surface area contributed by atoms with Crippen LogP contribution in [0.25, 0.3) is 11.0 Å². The van der Waals surface area contributed by atoms with Crippen molar-refractivity contribution in [2.45, 2.75) is 6.92 Å². The van der Waals surface area contributed by atoms with E-state index < -0.39 is 5.97 Å². The second-order valence-electron chi connectivity index (χ2n) is 2.96. The molecule has 2 heterocycles. The van der Waals surface area contributed by atoms with Crippen molar-refractivity contribution in [3.05, 3.63) is 30.3 Å². The average molecular weight is 215 g/mol. The fraction of sp³-hybridized carbons (Fsp3) is 0.167. The van der Waals surface area contributed by atoms with Gasteiger partial charge in [-0.1, -0.05) is 0 Å². The zero-order chi connectivity index (χ0) is 11.4. The molecule has 0 aliphatic carbocycles. The summed E-state index contributed by atoms with van der Waals surface area (Å²) in [7, 11) is 0. The number of carbonyl (C=O) groups excluding carboxylic acids is 1. The van der Waals surface area contributed by atoms with Crippen LogP contribution in [0.1, 0.15) is 12.6 Å². The van der Waals surface area contributed by atoms with Gasteiger partial charge in [-0.2, -0.15) is 0 Å². The van der Waals surface area contributed by atoms with Crippen LogP contribution in [-0.2, 0) is 9.53 Å². The van der Waals surface area contributed by atoms with E-state index in [1.54, 1.807) is 31.5 Å². The quantitative estimate of drug-likeness (QED) is 0.537. The van der Waals surface area contributed by atoms with Crippen LogP contribution in [0.15, 0.2) is 29.0 Å². The Morgan fingerprint density at radius 3 is 3.25 bits per heavy atom. The third-order valence-corrected chi connectivity index (χ3v) is 1.94. The zero-order valence-electron chi connectivity index (χ0n) is 8.69. The molecule has 2 aromatic rings. The maximum Gasteiger partial charge on any atom is 0.384 e. The molecule has 0 fully saturated rings. The van der Waals surface area contributed by atoms with Crippen LogP contribution < -0.4 is 0 Å². The molecule has 0 radical (unpaired) electrons. The van der Waals surface area contributed by atoms with Gasteiger partial charge in [-0.3, -0.25) is 0 Å². The fourth-order valence-corrected chi connectivity index (χ4v) is 1.27. The first-order chi connectivity index (χ1) is 7.81. The Kier molecular flexibility index (Phi) is 2.88. The maximum atomic E-state index is 11.0. The van der Waals surface area contributed by atoms with Gasteiger partial charge < -0.3 is 9.15 Å². The molecule has 0 bridgehead atoms. The van der Waals surface area contributed by atoms with Gasteiger partial charge in [-0.05, 0) is 25.0 Å². The van der Waals surface area contributed by atoms with E-state index >= 15 is 0 Å². The lowest BCUT2D eigenvalue weighted by Gasteiger charge is -1.92. The number of pyridine rings is 1. The van der Waals surface area contributed by atoms with Gasteiger partial charge in [-0.25, -0.2) is 9.78 Å². The summed E-state index contributed by atoms with van der Waals surface area (Å²) in [5, 5.41) is 0.791. The highest BCUT2D eigenvalue weighted by Crippen LogP contribution is 2.16. The van der Waals surface area contributed by atoms with Crippen LogP contribution in [0.4, 0.5) is 0 Å². The van der Waals surface area contributed by atoms with E-state index in [4.69, 9.17) is 9.15 Å². The van der Waals surface area contributed by atoms with Crippen molar-refractivity contribution in [2.24, 2.45) is 0 Å². The third kappa shape index (κ3) is 2.04. The monoisotopic (exact) mass is 215 g/mol. The molecule has 0 atom stereocenters. The molecule has 0 unspecified atom stereocenters. The second-order valence-corrected chi connectivity index (χ2v) is 2.96. The predicted molar refractivity (Wildman–Crippen MR) is 57.5 cm³/mol. The Balaban J connectivity index is 2.33. The zero-order valence-corrected chi connectivity index (χ0v) is 8.69. The Morgan fingerprint density at radius 1 is 1.56 bits per heavy atom. The number of esters is 1. The molecule has 0 spiro atoms. The number of carbonyl (C=O) groups is 1. The predicted octanol–water partition coefficient (Wildman–Crippen LogP) is 1.74. The van der Waals surface area contributed by atoms with Gasteiger partial charge in [0.05, 0.1) is 18.3 Å². The smallest absolute Gasteiger partial charge is 0.384 e. The van der Waals surface area contributed by atoms with Gasteiger partial charge >= 0.3 is 5.97 Å². The average Bonchev–Trinajstić information content (AvgIpc) is 2.75. The lowest BCUT2D eigenvalue weighted by atomic mass is 10.2. The molecule has 16 heavy (non-hydrogen) atoms. The van der Waals surface area contributed by atoms with E-state index in [1.807, 2.05) is 0 Å². The summed E-state index contributed by atoms with van der Waals surface area (Å²) in [5.41, 5.74) is 1.21. The molecule has 4 nitrogen and oxygen atoms in total. The van der Waals surface area contributed by atoms with Crippen molar-refractivity contribution in [2.75, 3.05) is 6.61 Å². The molecule has 0 N–H and O–H groups in total. The number of furan rings is 1. The molecule has 4 heteroatoms. The lowest BCUT2D eigenvalue weighted by Crippen LogP contribution is -1.99. The van der Waals surface area contributed by atoms with Crippen molar-refractivity contribution in [1.29, 1.82) is 0 Å². The fourth-order valence-electron chi connectivity index (χ4n) is 1.27. The van der Waals surface area contributed by atoms with E-state index in [0.29, 0.717) is 17.9 Å². The first-order valence-corrected chi connectivity index (χ1v) is 4.82. The van der Waals surface area contributed by atoms with Crippen molar-refractivity contribution in [1.82, 2.24) is 4.98 Å². The molecular weight excluding hydrogens is 206 g/mol. The number of aromatic nitrogens is 1. The number of fused-ring (bicyclic) bond motifs is 1. The van der Waals surface area contributed by atoms with Crippen LogP contribution in [-0.4, -0.2) is 17.6 Å². The van der Waals surface area contributed by atoms with Crippen LogP contribution in [0.5, 0.6) is 0 Å². The molecular formula is C12H9NO3. The molecule has 0 saturated carbocycles. The highest BCUT2D eigenvalue weighted by Gasteiger charge is 2.02. The topological polar surface area (TPSA) is 52.3 Å². The van der Waals surface area contributed by atoms with E-state index in [2.05, 4.69) is 16.8 Å². The Bertz CT molecular complexity index is 574. The molecule has 0 amide bonds. The lowest BCUT2D eigenvalue weighted by molar-refractivity contribution is -0.136. The SMILES string of the molecule is CCOC(=O)C#Cc1nccc2occc12. The highest BCUT2D eigenvalue weighted by atomic mass is 16.5. The van der Waals surface area contributed by atoms with E-state index in [-0.39, 0.29) is 0 Å². The first kappa shape index (κ1) is 10.2. The number of nitrogens with zero attached hydrogens (tertiary/aromatic N) is 1. The minimum atomic E-state index is -0.551. The van der Waals surface area contributed by atoms with Gasteiger partial charge in [0.25, 0.3) is 0 Å². The Morgan fingerprint density at radius 2 is 2.44 bits per heavy atom. The minimum Gasteiger partial charge on any atom is -0.464 e. The van der Waals surface area contributed by atoms with Crippen LogP contribution in [0, 0.1) is 11.8 Å². The van der Waals surface area contributed by atoms with Crippen LogP contribution in [0.3, 0.4) is 0 Å². The maximum absolute atomic E-state index is 11.0. The summed E-state index contributed by atoms with van der Waals surface area (Å²) in [4.78, 5) is 15.1. The molecule has 80 valence electrons. The van der Waals surface area contributed by atoms with Gasteiger partial charge in [0, 0.05) is 12.1 Å². The molecule has 2 aromatic heterocycles. The first-order valence-electron chi connectivity index (χ1n) is 4.82. The summed E-state index contributed by atoms with van der Waals surface area (Å²) in [6.07, 6.45) is 3.14. The van der Waals surface area contributed by atoms with E-state index in [0.717, 1.165) is 5.39 Å². The number of hydrogen-bond acceptors (Lipinski definition) is 4. The molecule has 0 aliphatic rings. The van der Waals surface area contributed by atoms with Gasteiger partial charge in [0.1, 0.15) is 11.3 Å². The molecule has 0 aliphatic heterocycles.